The smallest absolute Gasteiger partial charge is 0.317 e. The molecular weight excluding hydrogens is 318 g/mol. The normalized spacial score (nSPS) is 13.8. The highest BCUT2D eigenvalue weighted by Gasteiger charge is 2.18. The number of thioether (sulfide) groups is 1. The second kappa shape index (κ2) is 8.47. The molecule has 0 radical (unpaired) electrons. The molecule has 1 aliphatic heterocycles. The van der Waals surface area contributed by atoms with Crippen molar-refractivity contribution >= 4 is 23.6 Å². The molecule has 0 spiro atoms. The summed E-state index contributed by atoms with van der Waals surface area (Å²) in [6.45, 7) is 6.43. The van der Waals surface area contributed by atoms with Crippen LogP contribution in [-0.4, -0.2) is 43.5 Å². The zero-order chi connectivity index (χ0) is 16.7. The third-order valence-corrected chi connectivity index (χ3v) is 3.94. The summed E-state index contributed by atoms with van der Waals surface area (Å²) in [6, 6.07) is 5.49. The first-order valence-electron chi connectivity index (χ1n) is 7.20. The van der Waals surface area contributed by atoms with E-state index < -0.39 is 12.1 Å². The number of amides is 1. The summed E-state index contributed by atoms with van der Waals surface area (Å²) < 4.78 is 16.0. The second-order valence-electron chi connectivity index (χ2n) is 4.76. The van der Waals surface area contributed by atoms with Crippen LogP contribution in [0.25, 0.3) is 0 Å². The maximum atomic E-state index is 11.8. The zero-order valence-corrected chi connectivity index (χ0v) is 13.7. The van der Waals surface area contributed by atoms with E-state index in [2.05, 4.69) is 11.9 Å². The van der Waals surface area contributed by atoms with E-state index >= 15 is 0 Å². The fraction of sp³-hybridized carbons (Fsp3) is 0.375. The van der Waals surface area contributed by atoms with Crippen molar-refractivity contribution < 1.29 is 23.8 Å². The summed E-state index contributed by atoms with van der Waals surface area (Å²) in [7, 11) is 0. The first-order chi connectivity index (χ1) is 11.1. The SMILES string of the molecule is C=CCNC(=O)[C@H](C)OC(=O)CSc1ccc2c(c1)OCCO2. The van der Waals surface area contributed by atoms with E-state index in [0.29, 0.717) is 31.3 Å². The molecule has 23 heavy (non-hydrogen) atoms. The lowest BCUT2D eigenvalue weighted by Crippen LogP contribution is -2.36. The van der Waals surface area contributed by atoms with Crippen LogP contribution in [-0.2, 0) is 14.3 Å². The Morgan fingerprint density at radius 3 is 2.87 bits per heavy atom. The van der Waals surface area contributed by atoms with Gasteiger partial charge in [0, 0.05) is 11.4 Å². The number of benzene rings is 1. The average molecular weight is 337 g/mol. The molecule has 1 aromatic rings. The number of ether oxygens (including phenoxy) is 3. The number of hydrogen-bond donors (Lipinski definition) is 1. The topological polar surface area (TPSA) is 73.9 Å². The average Bonchev–Trinajstić information content (AvgIpc) is 2.57. The van der Waals surface area contributed by atoms with Crippen molar-refractivity contribution in [3.05, 3.63) is 30.9 Å². The fourth-order valence-electron chi connectivity index (χ4n) is 1.86. The van der Waals surface area contributed by atoms with Gasteiger partial charge in [0.25, 0.3) is 5.91 Å². The van der Waals surface area contributed by atoms with Gasteiger partial charge in [0.15, 0.2) is 17.6 Å². The Labute approximate surface area is 139 Å². The lowest BCUT2D eigenvalue weighted by molar-refractivity contribution is -0.152. The molecule has 1 aliphatic rings. The highest BCUT2D eigenvalue weighted by atomic mass is 32.2. The second-order valence-corrected chi connectivity index (χ2v) is 5.81. The number of carbonyl (C=O) groups is 2. The Kier molecular flexibility index (Phi) is 6.34. The van der Waals surface area contributed by atoms with Crippen molar-refractivity contribution in [3.8, 4) is 11.5 Å². The van der Waals surface area contributed by atoms with Crippen LogP contribution in [0, 0.1) is 0 Å². The van der Waals surface area contributed by atoms with Crippen molar-refractivity contribution in [2.45, 2.75) is 17.9 Å². The third kappa shape index (κ3) is 5.21. The van der Waals surface area contributed by atoms with Crippen LogP contribution in [0.3, 0.4) is 0 Å². The molecule has 0 saturated heterocycles. The van der Waals surface area contributed by atoms with Crippen LogP contribution in [0.5, 0.6) is 11.5 Å². The summed E-state index contributed by atoms with van der Waals surface area (Å²) in [5.74, 6) is 0.690. The Bertz CT molecular complexity index is 590. The number of nitrogens with one attached hydrogen (secondary N) is 1. The van der Waals surface area contributed by atoms with Crippen molar-refractivity contribution in [2.24, 2.45) is 0 Å². The fourth-order valence-corrected chi connectivity index (χ4v) is 2.56. The molecule has 7 heteroatoms. The molecule has 0 saturated carbocycles. The van der Waals surface area contributed by atoms with E-state index in [0.717, 1.165) is 4.90 Å². The monoisotopic (exact) mass is 337 g/mol. The predicted molar refractivity (Wildman–Crippen MR) is 86.9 cm³/mol. The van der Waals surface area contributed by atoms with Gasteiger partial charge in [-0.3, -0.25) is 9.59 Å². The Morgan fingerprint density at radius 1 is 1.39 bits per heavy atom. The Hall–Kier alpha value is -2.15. The van der Waals surface area contributed by atoms with Gasteiger partial charge < -0.3 is 19.5 Å². The minimum absolute atomic E-state index is 0.110. The summed E-state index contributed by atoms with van der Waals surface area (Å²) in [4.78, 5) is 24.3. The summed E-state index contributed by atoms with van der Waals surface area (Å²) >= 11 is 1.31. The molecule has 1 amide bonds. The van der Waals surface area contributed by atoms with Gasteiger partial charge in [-0.2, -0.15) is 0 Å². The van der Waals surface area contributed by atoms with E-state index in [1.54, 1.807) is 6.08 Å². The Morgan fingerprint density at radius 2 is 2.13 bits per heavy atom. The lowest BCUT2D eigenvalue weighted by Gasteiger charge is -2.18. The van der Waals surface area contributed by atoms with Gasteiger partial charge in [0.1, 0.15) is 13.2 Å². The van der Waals surface area contributed by atoms with Crippen LogP contribution in [0.1, 0.15) is 6.92 Å². The molecule has 124 valence electrons. The lowest BCUT2D eigenvalue weighted by atomic mass is 10.3. The predicted octanol–water partition coefficient (Wildman–Crippen LogP) is 1.78. The van der Waals surface area contributed by atoms with Gasteiger partial charge >= 0.3 is 5.97 Å². The molecule has 0 unspecified atom stereocenters. The van der Waals surface area contributed by atoms with E-state index in [1.807, 2.05) is 18.2 Å². The first kappa shape index (κ1) is 17.2. The van der Waals surface area contributed by atoms with Gasteiger partial charge in [0.2, 0.25) is 0 Å². The molecule has 0 aliphatic carbocycles. The summed E-state index contributed by atoms with van der Waals surface area (Å²) in [6.07, 6.45) is 0.729. The van der Waals surface area contributed by atoms with Gasteiger partial charge in [-0.15, -0.1) is 18.3 Å². The van der Waals surface area contributed by atoms with Gasteiger partial charge in [-0.25, -0.2) is 0 Å². The summed E-state index contributed by atoms with van der Waals surface area (Å²) in [5.41, 5.74) is 0. The molecule has 1 N–H and O–H groups in total. The Balaban J connectivity index is 1.80. The van der Waals surface area contributed by atoms with Gasteiger partial charge in [-0.05, 0) is 25.1 Å². The zero-order valence-electron chi connectivity index (χ0n) is 12.9. The quantitative estimate of drug-likeness (QED) is 0.464. The molecule has 0 bridgehead atoms. The number of carbonyl (C=O) groups excluding carboxylic acids is 2. The number of hydrogen-bond acceptors (Lipinski definition) is 6. The number of fused-ring (bicyclic) bond motifs is 1. The van der Waals surface area contributed by atoms with Crippen LogP contribution in [0.2, 0.25) is 0 Å². The van der Waals surface area contributed by atoms with E-state index in [-0.39, 0.29) is 11.7 Å². The standard InChI is InChI=1S/C16H19NO5S/c1-3-6-17-16(19)11(2)22-15(18)10-23-12-4-5-13-14(9-12)21-8-7-20-13/h3-5,9,11H,1,6-8,10H2,2H3,(H,17,19)/t11-/m0/s1. The molecule has 1 heterocycles. The van der Waals surface area contributed by atoms with Crippen LogP contribution >= 0.6 is 11.8 Å². The maximum Gasteiger partial charge on any atom is 0.317 e. The van der Waals surface area contributed by atoms with Gasteiger partial charge in [0.05, 0.1) is 5.75 Å². The third-order valence-electron chi connectivity index (χ3n) is 2.97. The van der Waals surface area contributed by atoms with Crippen molar-refractivity contribution in [1.29, 1.82) is 0 Å². The molecule has 0 aromatic heterocycles. The molecule has 6 nitrogen and oxygen atoms in total. The molecule has 1 atom stereocenters. The van der Waals surface area contributed by atoms with E-state index in [4.69, 9.17) is 14.2 Å². The largest absolute Gasteiger partial charge is 0.486 e. The van der Waals surface area contributed by atoms with Crippen LogP contribution < -0.4 is 14.8 Å². The minimum Gasteiger partial charge on any atom is -0.486 e. The van der Waals surface area contributed by atoms with Crippen molar-refractivity contribution in [1.82, 2.24) is 5.32 Å². The van der Waals surface area contributed by atoms with E-state index in [9.17, 15) is 9.59 Å². The number of esters is 1. The maximum absolute atomic E-state index is 11.8. The number of rotatable bonds is 7. The van der Waals surface area contributed by atoms with Crippen molar-refractivity contribution in [3.63, 3.8) is 0 Å². The molecule has 0 fully saturated rings. The minimum atomic E-state index is -0.830. The van der Waals surface area contributed by atoms with E-state index in [1.165, 1.54) is 18.7 Å². The molecular formula is C16H19NO5S. The highest BCUT2D eigenvalue weighted by molar-refractivity contribution is 8.00. The first-order valence-corrected chi connectivity index (χ1v) is 8.19. The summed E-state index contributed by atoms with van der Waals surface area (Å²) in [5, 5.41) is 2.57. The van der Waals surface area contributed by atoms with Crippen molar-refractivity contribution in [2.75, 3.05) is 25.5 Å². The van der Waals surface area contributed by atoms with Crippen LogP contribution in [0.15, 0.2) is 35.7 Å². The van der Waals surface area contributed by atoms with Crippen LogP contribution in [0.4, 0.5) is 0 Å². The highest BCUT2D eigenvalue weighted by Crippen LogP contribution is 2.34. The molecule has 2 rings (SSSR count). The molecule has 1 aromatic carbocycles. The van der Waals surface area contributed by atoms with Gasteiger partial charge in [-0.1, -0.05) is 6.08 Å².